The molecule has 1 aliphatic carbocycles. The molecule has 5 heteroatoms. The molecule has 1 saturated carbocycles. The van der Waals surface area contributed by atoms with Crippen LogP contribution in [0.5, 0.6) is 0 Å². The van der Waals surface area contributed by atoms with Crippen LogP contribution in [-0.4, -0.2) is 35.8 Å². The third kappa shape index (κ3) is 4.83. The topological polar surface area (TPSA) is 49.4 Å². The molecule has 0 aliphatic heterocycles. The van der Waals surface area contributed by atoms with E-state index in [2.05, 4.69) is 12.2 Å². The molecule has 1 N–H and O–H groups in total. The van der Waals surface area contributed by atoms with Crippen molar-refractivity contribution in [1.29, 1.82) is 0 Å². The normalized spacial score (nSPS) is 15.5. The lowest BCUT2D eigenvalue weighted by atomic mass is 9.94. The Balaban J connectivity index is 1.68. The summed E-state index contributed by atoms with van der Waals surface area (Å²) in [7, 11) is 0. The average Bonchev–Trinajstić information content (AvgIpc) is 3.07. The van der Waals surface area contributed by atoms with Crippen molar-refractivity contribution >= 4 is 23.2 Å². The van der Waals surface area contributed by atoms with Crippen LogP contribution in [0.2, 0.25) is 0 Å². The fourth-order valence-corrected chi connectivity index (χ4v) is 3.75. The van der Waals surface area contributed by atoms with Gasteiger partial charge in [-0.05, 0) is 37.6 Å². The molecule has 0 atom stereocenters. The van der Waals surface area contributed by atoms with Gasteiger partial charge in [0, 0.05) is 36.5 Å². The van der Waals surface area contributed by atoms with Crippen LogP contribution in [0.15, 0.2) is 16.8 Å². The maximum Gasteiger partial charge on any atom is 0.252 e. The minimum atomic E-state index is -0.0478. The van der Waals surface area contributed by atoms with E-state index in [0.29, 0.717) is 31.0 Å². The second-order valence-corrected chi connectivity index (χ2v) is 6.62. The molecule has 22 heavy (non-hydrogen) atoms. The standard InChI is InChI=1S/C17H26N2O2S/c1-2-19(15-7-4-3-5-8-15)16(20)9-6-11-18-17(21)14-10-12-22-13-14/h10,12-13,15H,2-9,11H2,1H3,(H,18,21). The number of hydrogen-bond donors (Lipinski definition) is 1. The minimum Gasteiger partial charge on any atom is -0.352 e. The summed E-state index contributed by atoms with van der Waals surface area (Å²) in [6.07, 6.45) is 7.31. The molecule has 1 aliphatic rings. The molecule has 0 aromatic carbocycles. The van der Waals surface area contributed by atoms with Gasteiger partial charge in [0.05, 0.1) is 0 Å². The van der Waals surface area contributed by atoms with E-state index in [0.717, 1.165) is 19.4 Å². The summed E-state index contributed by atoms with van der Waals surface area (Å²) < 4.78 is 0. The Kier molecular flexibility index (Phi) is 6.90. The molecular weight excluding hydrogens is 296 g/mol. The molecule has 1 aromatic rings. The first-order valence-electron chi connectivity index (χ1n) is 8.32. The number of amides is 2. The van der Waals surface area contributed by atoms with E-state index in [1.807, 2.05) is 21.7 Å². The Morgan fingerprint density at radius 1 is 1.32 bits per heavy atom. The summed E-state index contributed by atoms with van der Waals surface area (Å²) in [6, 6.07) is 2.25. The third-order valence-corrected chi connectivity index (χ3v) is 5.00. The summed E-state index contributed by atoms with van der Waals surface area (Å²) in [5, 5.41) is 6.60. The molecule has 2 rings (SSSR count). The van der Waals surface area contributed by atoms with Crippen molar-refractivity contribution in [3.8, 4) is 0 Å². The van der Waals surface area contributed by atoms with E-state index in [-0.39, 0.29) is 11.8 Å². The van der Waals surface area contributed by atoms with E-state index in [4.69, 9.17) is 0 Å². The van der Waals surface area contributed by atoms with Gasteiger partial charge in [-0.25, -0.2) is 0 Å². The van der Waals surface area contributed by atoms with Crippen molar-refractivity contribution < 1.29 is 9.59 Å². The van der Waals surface area contributed by atoms with Gasteiger partial charge < -0.3 is 10.2 Å². The summed E-state index contributed by atoms with van der Waals surface area (Å²) >= 11 is 1.51. The van der Waals surface area contributed by atoms with Crippen molar-refractivity contribution in [2.45, 2.75) is 57.9 Å². The van der Waals surface area contributed by atoms with Gasteiger partial charge in [0.25, 0.3) is 5.91 Å². The lowest BCUT2D eigenvalue weighted by molar-refractivity contribution is -0.134. The highest BCUT2D eigenvalue weighted by Crippen LogP contribution is 2.23. The predicted octanol–water partition coefficient (Wildman–Crippen LogP) is 3.44. The van der Waals surface area contributed by atoms with Gasteiger partial charge in [0.1, 0.15) is 0 Å². The number of nitrogens with one attached hydrogen (secondary N) is 1. The van der Waals surface area contributed by atoms with Gasteiger partial charge in [0.2, 0.25) is 5.91 Å². The van der Waals surface area contributed by atoms with Crippen LogP contribution in [0.1, 0.15) is 62.2 Å². The summed E-state index contributed by atoms with van der Waals surface area (Å²) in [4.78, 5) is 26.2. The predicted molar refractivity (Wildman–Crippen MR) is 90.1 cm³/mol. The Bertz CT molecular complexity index is 467. The van der Waals surface area contributed by atoms with Crippen molar-refractivity contribution in [1.82, 2.24) is 10.2 Å². The van der Waals surface area contributed by atoms with Gasteiger partial charge in [0.15, 0.2) is 0 Å². The van der Waals surface area contributed by atoms with E-state index >= 15 is 0 Å². The van der Waals surface area contributed by atoms with Crippen LogP contribution in [0.3, 0.4) is 0 Å². The number of rotatable bonds is 7. The smallest absolute Gasteiger partial charge is 0.252 e. The molecular formula is C17H26N2O2S. The van der Waals surface area contributed by atoms with Gasteiger partial charge in [-0.2, -0.15) is 11.3 Å². The number of nitrogens with zero attached hydrogens (tertiary/aromatic N) is 1. The molecule has 122 valence electrons. The van der Waals surface area contributed by atoms with Crippen LogP contribution in [-0.2, 0) is 4.79 Å². The van der Waals surface area contributed by atoms with E-state index in [9.17, 15) is 9.59 Å². The first-order chi connectivity index (χ1) is 10.7. The molecule has 0 bridgehead atoms. The van der Waals surface area contributed by atoms with Gasteiger partial charge in [-0.1, -0.05) is 19.3 Å². The second kappa shape index (κ2) is 8.93. The van der Waals surface area contributed by atoms with Crippen LogP contribution >= 0.6 is 11.3 Å². The zero-order valence-corrected chi connectivity index (χ0v) is 14.2. The second-order valence-electron chi connectivity index (χ2n) is 5.84. The van der Waals surface area contributed by atoms with Crippen LogP contribution < -0.4 is 5.32 Å². The van der Waals surface area contributed by atoms with Crippen molar-refractivity contribution in [3.63, 3.8) is 0 Å². The third-order valence-electron chi connectivity index (χ3n) is 4.31. The SMILES string of the molecule is CCN(C(=O)CCCNC(=O)c1ccsc1)C1CCCCC1. The zero-order valence-electron chi connectivity index (χ0n) is 13.3. The van der Waals surface area contributed by atoms with Crippen molar-refractivity contribution in [3.05, 3.63) is 22.4 Å². The largest absolute Gasteiger partial charge is 0.352 e. The maximum absolute atomic E-state index is 12.4. The van der Waals surface area contributed by atoms with Crippen LogP contribution in [0.25, 0.3) is 0 Å². The molecule has 4 nitrogen and oxygen atoms in total. The highest BCUT2D eigenvalue weighted by molar-refractivity contribution is 7.08. The van der Waals surface area contributed by atoms with Crippen molar-refractivity contribution in [2.24, 2.45) is 0 Å². The maximum atomic E-state index is 12.4. The molecule has 1 heterocycles. The van der Waals surface area contributed by atoms with Gasteiger partial charge >= 0.3 is 0 Å². The monoisotopic (exact) mass is 322 g/mol. The molecule has 0 spiro atoms. The van der Waals surface area contributed by atoms with Crippen LogP contribution in [0.4, 0.5) is 0 Å². The Labute approximate surface area is 136 Å². The fraction of sp³-hybridized carbons (Fsp3) is 0.647. The Hall–Kier alpha value is -1.36. The first-order valence-corrected chi connectivity index (χ1v) is 9.26. The first kappa shape index (κ1) is 17.0. The number of carbonyl (C=O) groups excluding carboxylic acids is 2. The zero-order chi connectivity index (χ0) is 15.8. The molecule has 0 saturated heterocycles. The number of thiophene rings is 1. The highest BCUT2D eigenvalue weighted by Gasteiger charge is 2.23. The lowest BCUT2D eigenvalue weighted by Gasteiger charge is -2.33. The molecule has 1 aromatic heterocycles. The lowest BCUT2D eigenvalue weighted by Crippen LogP contribution is -2.41. The van der Waals surface area contributed by atoms with Crippen LogP contribution in [0, 0.1) is 0 Å². The van der Waals surface area contributed by atoms with E-state index in [1.54, 1.807) is 0 Å². The summed E-state index contributed by atoms with van der Waals surface area (Å²) in [6.45, 7) is 3.41. The minimum absolute atomic E-state index is 0.0478. The van der Waals surface area contributed by atoms with E-state index in [1.165, 1.54) is 30.6 Å². The molecule has 2 amide bonds. The molecule has 1 fully saturated rings. The Morgan fingerprint density at radius 3 is 2.73 bits per heavy atom. The van der Waals surface area contributed by atoms with Gasteiger partial charge in [-0.15, -0.1) is 0 Å². The van der Waals surface area contributed by atoms with Gasteiger partial charge in [-0.3, -0.25) is 9.59 Å². The van der Waals surface area contributed by atoms with E-state index < -0.39 is 0 Å². The number of hydrogen-bond acceptors (Lipinski definition) is 3. The Morgan fingerprint density at radius 2 is 2.09 bits per heavy atom. The molecule has 0 radical (unpaired) electrons. The average molecular weight is 322 g/mol. The molecule has 0 unspecified atom stereocenters. The van der Waals surface area contributed by atoms with Crippen molar-refractivity contribution in [2.75, 3.05) is 13.1 Å². The summed E-state index contributed by atoms with van der Waals surface area (Å²) in [5.74, 6) is 0.188. The highest BCUT2D eigenvalue weighted by atomic mass is 32.1. The summed E-state index contributed by atoms with van der Waals surface area (Å²) in [5.41, 5.74) is 0.703. The number of carbonyl (C=O) groups is 2. The quantitative estimate of drug-likeness (QED) is 0.782. The fourth-order valence-electron chi connectivity index (χ4n) is 3.11.